The van der Waals surface area contributed by atoms with Crippen molar-refractivity contribution < 1.29 is 55.9 Å². The van der Waals surface area contributed by atoms with Crippen LogP contribution in [-0.2, 0) is 36.3 Å². The Hall–Kier alpha value is -0.290. The molecule has 0 amide bonds. The molecule has 37 heavy (non-hydrogen) atoms. The molecule has 21 heteroatoms. The SMILES string of the molecule is Cc1cn([C@H]2CC(OC(C)SSC(C)(C)C)[C@@H](COP(=O)(O)OP(=O)(O)OP(=O)(O)O)O2)c(=O)[nH]c1=O. The van der Waals surface area contributed by atoms with Crippen molar-refractivity contribution in [3.05, 3.63) is 32.6 Å². The summed E-state index contributed by atoms with van der Waals surface area (Å²) in [6.45, 7) is 8.48. The van der Waals surface area contributed by atoms with Crippen LogP contribution in [0.4, 0.5) is 0 Å². The van der Waals surface area contributed by atoms with Gasteiger partial charge in [-0.05, 0) is 13.8 Å². The van der Waals surface area contributed by atoms with Crippen LogP contribution in [0.2, 0.25) is 0 Å². The van der Waals surface area contributed by atoms with Gasteiger partial charge in [0.2, 0.25) is 0 Å². The van der Waals surface area contributed by atoms with Crippen LogP contribution in [0.25, 0.3) is 0 Å². The fourth-order valence-electron chi connectivity index (χ4n) is 2.92. The van der Waals surface area contributed by atoms with E-state index in [-0.39, 0.29) is 16.7 Å². The Morgan fingerprint density at radius 1 is 1.16 bits per heavy atom. The van der Waals surface area contributed by atoms with Gasteiger partial charge in [0, 0.05) is 22.9 Å². The van der Waals surface area contributed by atoms with Gasteiger partial charge in [-0.2, -0.15) is 8.62 Å². The lowest BCUT2D eigenvalue weighted by Gasteiger charge is -2.25. The second-order valence-electron chi connectivity index (χ2n) is 8.76. The van der Waals surface area contributed by atoms with E-state index in [4.69, 9.17) is 23.8 Å². The van der Waals surface area contributed by atoms with Gasteiger partial charge in [-0.25, -0.2) is 18.5 Å². The second kappa shape index (κ2) is 12.5. The van der Waals surface area contributed by atoms with Crippen LogP contribution < -0.4 is 11.2 Å². The van der Waals surface area contributed by atoms with Crippen LogP contribution in [0, 0.1) is 6.92 Å². The van der Waals surface area contributed by atoms with E-state index in [1.807, 2.05) is 20.8 Å². The summed E-state index contributed by atoms with van der Waals surface area (Å²) in [7, 11) is -13.7. The number of phosphoric acid groups is 3. The van der Waals surface area contributed by atoms with Crippen LogP contribution >= 0.6 is 45.1 Å². The molecule has 2 rings (SSSR count). The molecule has 1 saturated heterocycles. The number of aryl methyl sites for hydroxylation is 1. The summed E-state index contributed by atoms with van der Waals surface area (Å²) in [5, 5.41) is 0. The summed E-state index contributed by atoms with van der Waals surface area (Å²) in [6.07, 6.45) is -1.58. The molecule has 2 heterocycles. The molecule has 214 valence electrons. The molecule has 1 fully saturated rings. The van der Waals surface area contributed by atoms with Gasteiger partial charge in [0.05, 0.1) is 12.7 Å². The van der Waals surface area contributed by atoms with Gasteiger partial charge in [0.25, 0.3) is 5.56 Å². The molecule has 4 unspecified atom stereocenters. The molecule has 0 aliphatic carbocycles. The Kier molecular flexibility index (Phi) is 11.1. The highest BCUT2D eigenvalue weighted by Gasteiger charge is 2.44. The summed E-state index contributed by atoms with van der Waals surface area (Å²) >= 11 is 0. The third-order valence-corrected chi connectivity index (χ3v) is 11.6. The first-order chi connectivity index (χ1) is 16.7. The molecule has 0 radical (unpaired) electrons. The predicted octanol–water partition coefficient (Wildman–Crippen LogP) is 2.39. The standard InChI is InChI=1S/C16H29N2O14P3S2/c1-9-7-18(15(20)17-14(9)19)13-6-11(29-10(2)36-37-16(3,4)5)12(30-13)8-28-34(24,25)32-35(26,27)31-33(21,22)23/h7,10-13H,6,8H2,1-5H3,(H,24,25)(H,26,27)(H,17,19,20)(H2,21,22,23)/t10?,11?,12-,13-/m1/s1. The van der Waals surface area contributed by atoms with E-state index >= 15 is 0 Å². The van der Waals surface area contributed by atoms with Gasteiger partial charge in [-0.1, -0.05) is 42.4 Å². The summed E-state index contributed by atoms with van der Waals surface area (Å²) in [4.78, 5) is 62.6. The third-order valence-electron chi connectivity index (χ3n) is 4.25. The van der Waals surface area contributed by atoms with Crippen molar-refractivity contribution in [1.29, 1.82) is 0 Å². The zero-order valence-electron chi connectivity index (χ0n) is 20.3. The quantitative estimate of drug-likeness (QED) is 0.127. The number of nitrogens with one attached hydrogen (secondary N) is 1. The maximum absolute atomic E-state index is 12.3. The van der Waals surface area contributed by atoms with Crippen LogP contribution in [-0.4, -0.2) is 58.1 Å². The molecule has 0 aromatic carbocycles. The van der Waals surface area contributed by atoms with Crippen molar-refractivity contribution in [2.45, 2.75) is 69.7 Å². The number of nitrogens with zero attached hydrogens (tertiary/aromatic N) is 1. The largest absolute Gasteiger partial charge is 0.490 e. The maximum atomic E-state index is 12.3. The number of phosphoric ester groups is 1. The number of hydrogen-bond donors (Lipinski definition) is 5. The Labute approximate surface area is 219 Å². The molecule has 5 N–H and O–H groups in total. The molecule has 1 aliphatic rings. The summed E-state index contributed by atoms with van der Waals surface area (Å²) < 4.78 is 59.4. The average molecular weight is 630 g/mol. The van der Waals surface area contributed by atoms with Gasteiger partial charge in [0.15, 0.2) is 0 Å². The van der Waals surface area contributed by atoms with E-state index in [2.05, 4.69) is 13.6 Å². The molecule has 1 aliphatic heterocycles. The zero-order valence-corrected chi connectivity index (χ0v) is 24.6. The minimum atomic E-state index is -5.70. The van der Waals surface area contributed by atoms with E-state index in [0.717, 1.165) is 4.57 Å². The number of ether oxygens (including phenoxy) is 2. The van der Waals surface area contributed by atoms with Gasteiger partial charge < -0.3 is 29.0 Å². The molecule has 1 aromatic heterocycles. The number of H-pyrrole nitrogens is 1. The molecule has 6 atom stereocenters. The molecular formula is C16H29N2O14P3S2. The highest BCUT2D eigenvalue weighted by atomic mass is 33.1. The fraction of sp³-hybridized carbons (Fsp3) is 0.750. The predicted molar refractivity (Wildman–Crippen MR) is 134 cm³/mol. The minimum absolute atomic E-state index is 0.0564. The normalized spacial score (nSPS) is 24.9. The first kappa shape index (κ1) is 32.9. The van der Waals surface area contributed by atoms with Gasteiger partial charge in [0.1, 0.15) is 17.8 Å². The van der Waals surface area contributed by atoms with Crippen LogP contribution in [0.15, 0.2) is 15.8 Å². The molecule has 16 nitrogen and oxygen atoms in total. The topological polar surface area (TPSA) is 233 Å². The van der Waals surface area contributed by atoms with E-state index in [9.17, 15) is 33.1 Å². The van der Waals surface area contributed by atoms with Crippen molar-refractivity contribution in [3.8, 4) is 0 Å². The molecule has 0 saturated carbocycles. The van der Waals surface area contributed by atoms with Crippen LogP contribution in [0.3, 0.4) is 0 Å². The lowest BCUT2D eigenvalue weighted by molar-refractivity contribution is -0.0634. The van der Waals surface area contributed by atoms with Crippen molar-refractivity contribution in [1.82, 2.24) is 9.55 Å². The van der Waals surface area contributed by atoms with E-state index in [0.29, 0.717) is 0 Å². The average Bonchev–Trinajstić information content (AvgIpc) is 3.06. The number of aromatic nitrogens is 2. The van der Waals surface area contributed by atoms with Crippen molar-refractivity contribution >= 4 is 45.1 Å². The lowest BCUT2D eigenvalue weighted by atomic mass is 10.2. The summed E-state index contributed by atoms with van der Waals surface area (Å²) in [5.74, 6) is 0. The molecule has 0 bridgehead atoms. The Bertz CT molecular complexity index is 1210. The maximum Gasteiger partial charge on any atom is 0.490 e. The van der Waals surface area contributed by atoms with Gasteiger partial charge in [-0.15, -0.1) is 0 Å². The number of rotatable bonds is 12. The summed E-state index contributed by atoms with van der Waals surface area (Å²) in [5.41, 5.74) is -1.54. The highest BCUT2D eigenvalue weighted by Crippen LogP contribution is 2.66. The lowest BCUT2D eigenvalue weighted by Crippen LogP contribution is -2.33. The first-order valence-corrected chi connectivity index (χ1v) is 17.2. The van der Waals surface area contributed by atoms with Gasteiger partial charge in [-0.3, -0.25) is 18.9 Å². The fourth-order valence-corrected chi connectivity index (χ4v) is 7.97. The molecular weight excluding hydrogens is 601 g/mol. The van der Waals surface area contributed by atoms with E-state index in [1.165, 1.54) is 23.9 Å². The van der Waals surface area contributed by atoms with Crippen molar-refractivity contribution in [2.75, 3.05) is 6.61 Å². The van der Waals surface area contributed by atoms with Crippen molar-refractivity contribution in [2.24, 2.45) is 0 Å². The van der Waals surface area contributed by atoms with E-state index < -0.39 is 65.2 Å². The molecule has 1 aromatic rings. The van der Waals surface area contributed by atoms with E-state index in [1.54, 1.807) is 17.7 Å². The minimum Gasteiger partial charge on any atom is -0.361 e. The zero-order chi connectivity index (χ0) is 28.4. The molecule has 0 spiro atoms. The first-order valence-electron chi connectivity index (χ1n) is 10.4. The number of aromatic amines is 1. The highest BCUT2D eigenvalue weighted by molar-refractivity contribution is 8.77. The third kappa shape index (κ3) is 11.4. The Morgan fingerprint density at radius 3 is 2.35 bits per heavy atom. The van der Waals surface area contributed by atoms with Crippen molar-refractivity contribution in [3.63, 3.8) is 0 Å². The number of hydrogen-bond acceptors (Lipinski definition) is 12. The van der Waals surface area contributed by atoms with Crippen LogP contribution in [0.5, 0.6) is 0 Å². The Balaban J connectivity index is 2.19. The summed E-state index contributed by atoms with van der Waals surface area (Å²) in [6, 6.07) is 0. The second-order valence-corrected chi connectivity index (χ2v) is 16.5. The smallest absolute Gasteiger partial charge is 0.361 e. The van der Waals surface area contributed by atoms with Gasteiger partial charge >= 0.3 is 29.2 Å². The monoisotopic (exact) mass is 630 g/mol. The Morgan fingerprint density at radius 2 is 1.78 bits per heavy atom. The van der Waals surface area contributed by atoms with Crippen LogP contribution in [0.1, 0.15) is 45.9 Å².